The van der Waals surface area contributed by atoms with Crippen molar-refractivity contribution in [1.82, 2.24) is 4.98 Å². The number of nitrogens with one attached hydrogen (secondary N) is 1. The van der Waals surface area contributed by atoms with Gasteiger partial charge in [-0.3, -0.25) is 9.59 Å². The number of hydrogen-bond donors (Lipinski definition) is 1. The van der Waals surface area contributed by atoms with E-state index in [-0.39, 0.29) is 23.2 Å². The van der Waals surface area contributed by atoms with E-state index in [1.165, 1.54) is 0 Å². The molecular formula is C23H21N3O2. The maximum absolute atomic E-state index is 13.0. The highest BCUT2D eigenvalue weighted by Crippen LogP contribution is 2.28. The maximum Gasteiger partial charge on any atom is 0.276 e. The predicted octanol–water partition coefficient (Wildman–Crippen LogP) is 4.10. The summed E-state index contributed by atoms with van der Waals surface area (Å²) >= 11 is 0. The van der Waals surface area contributed by atoms with E-state index < -0.39 is 0 Å². The van der Waals surface area contributed by atoms with Gasteiger partial charge >= 0.3 is 0 Å². The predicted molar refractivity (Wildman–Crippen MR) is 110 cm³/mol. The first-order chi connectivity index (χ1) is 13.7. The molecule has 5 nitrogen and oxygen atoms in total. The van der Waals surface area contributed by atoms with Crippen LogP contribution >= 0.6 is 0 Å². The highest BCUT2D eigenvalue weighted by molar-refractivity contribution is 6.08. The molecule has 3 aromatic rings. The van der Waals surface area contributed by atoms with Crippen LogP contribution in [-0.2, 0) is 12.8 Å². The number of para-hydroxylation sites is 2. The van der Waals surface area contributed by atoms with Crippen molar-refractivity contribution in [2.75, 3.05) is 16.8 Å². The topological polar surface area (TPSA) is 62.3 Å². The van der Waals surface area contributed by atoms with Crippen LogP contribution in [0.1, 0.15) is 39.0 Å². The summed E-state index contributed by atoms with van der Waals surface area (Å²) in [4.78, 5) is 31.7. The summed E-state index contributed by atoms with van der Waals surface area (Å²) in [7, 11) is 0. The van der Waals surface area contributed by atoms with E-state index in [9.17, 15) is 9.59 Å². The molecule has 1 aliphatic rings. The number of aryl methyl sites for hydroxylation is 1. The Morgan fingerprint density at radius 3 is 2.57 bits per heavy atom. The smallest absolute Gasteiger partial charge is 0.276 e. The van der Waals surface area contributed by atoms with Crippen molar-refractivity contribution in [2.24, 2.45) is 0 Å². The van der Waals surface area contributed by atoms with Crippen LogP contribution in [0.15, 0.2) is 66.7 Å². The number of amides is 2. The van der Waals surface area contributed by atoms with E-state index in [4.69, 9.17) is 0 Å². The lowest BCUT2D eigenvalue weighted by Gasteiger charge is -2.17. The molecule has 2 amide bonds. The van der Waals surface area contributed by atoms with E-state index >= 15 is 0 Å². The van der Waals surface area contributed by atoms with Gasteiger partial charge in [-0.25, -0.2) is 4.98 Å². The van der Waals surface area contributed by atoms with Crippen LogP contribution in [0.4, 0.5) is 11.4 Å². The molecule has 0 saturated heterocycles. The third kappa shape index (κ3) is 3.39. The van der Waals surface area contributed by atoms with Gasteiger partial charge in [-0.1, -0.05) is 49.4 Å². The summed E-state index contributed by atoms with van der Waals surface area (Å²) in [5.74, 6) is -0.508. The molecule has 0 bridgehead atoms. The van der Waals surface area contributed by atoms with Gasteiger partial charge < -0.3 is 10.2 Å². The van der Waals surface area contributed by atoms with Gasteiger partial charge in [0.25, 0.3) is 11.8 Å². The number of carbonyl (C=O) groups is 2. The molecule has 5 heteroatoms. The van der Waals surface area contributed by atoms with E-state index in [0.29, 0.717) is 6.54 Å². The summed E-state index contributed by atoms with van der Waals surface area (Å²) in [6, 6.07) is 20.5. The standard InChI is InChI=1S/C23H21N3O2/c1-2-16-8-3-5-10-18(16)25-22(27)19-11-7-12-20(24-19)23(28)26-15-14-17-9-4-6-13-21(17)26/h3-13H,2,14-15H2,1H3,(H,25,27). The number of hydrogen-bond acceptors (Lipinski definition) is 3. The number of benzene rings is 2. The Kier molecular flexibility index (Phi) is 4.89. The number of pyridine rings is 1. The number of nitrogens with zero attached hydrogens (tertiary/aromatic N) is 2. The van der Waals surface area contributed by atoms with Crippen molar-refractivity contribution >= 4 is 23.2 Å². The molecule has 2 heterocycles. The average molecular weight is 371 g/mol. The molecule has 0 unspecified atom stereocenters. The summed E-state index contributed by atoms with van der Waals surface area (Å²) in [5, 5.41) is 2.90. The average Bonchev–Trinajstić information content (AvgIpc) is 3.18. The van der Waals surface area contributed by atoms with Crippen LogP contribution in [0.5, 0.6) is 0 Å². The van der Waals surface area contributed by atoms with Crippen LogP contribution in [0, 0.1) is 0 Å². The van der Waals surface area contributed by atoms with Gasteiger partial charge in [0.15, 0.2) is 0 Å². The first kappa shape index (κ1) is 17.9. The van der Waals surface area contributed by atoms with Crippen molar-refractivity contribution < 1.29 is 9.59 Å². The molecular weight excluding hydrogens is 350 g/mol. The molecule has 0 spiro atoms. The van der Waals surface area contributed by atoms with Crippen molar-refractivity contribution in [3.8, 4) is 0 Å². The van der Waals surface area contributed by atoms with Crippen molar-refractivity contribution in [3.63, 3.8) is 0 Å². The van der Waals surface area contributed by atoms with E-state index in [1.807, 2.05) is 55.5 Å². The molecule has 0 radical (unpaired) electrons. The van der Waals surface area contributed by atoms with E-state index in [0.717, 1.165) is 35.3 Å². The second-order valence-electron chi connectivity index (χ2n) is 6.71. The number of carbonyl (C=O) groups excluding carboxylic acids is 2. The lowest BCUT2D eigenvalue weighted by Crippen LogP contribution is -2.30. The van der Waals surface area contributed by atoms with Crippen LogP contribution in [0.25, 0.3) is 0 Å². The Labute approximate surface area is 164 Å². The van der Waals surface area contributed by atoms with Crippen molar-refractivity contribution in [2.45, 2.75) is 19.8 Å². The zero-order chi connectivity index (χ0) is 19.5. The van der Waals surface area contributed by atoms with Gasteiger partial charge in [0.1, 0.15) is 11.4 Å². The fraction of sp³-hybridized carbons (Fsp3) is 0.174. The third-order valence-electron chi connectivity index (χ3n) is 4.98. The van der Waals surface area contributed by atoms with Crippen LogP contribution in [0.3, 0.4) is 0 Å². The largest absolute Gasteiger partial charge is 0.320 e. The summed E-state index contributed by atoms with van der Waals surface area (Å²) in [6.45, 7) is 2.66. The quantitative estimate of drug-likeness (QED) is 0.751. The molecule has 1 aliphatic heterocycles. The van der Waals surface area contributed by atoms with Gasteiger partial charge in [0.05, 0.1) is 0 Å². The second kappa shape index (κ2) is 7.64. The van der Waals surface area contributed by atoms with E-state index in [1.54, 1.807) is 23.1 Å². The number of rotatable bonds is 4. The highest BCUT2D eigenvalue weighted by Gasteiger charge is 2.26. The fourth-order valence-corrected chi connectivity index (χ4v) is 3.50. The molecule has 2 aromatic carbocycles. The molecule has 0 atom stereocenters. The molecule has 0 saturated carbocycles. The fourth-order valence-electron chi connectivity index (χ4n) is 3.50. The molecule has 4 rings (SSSR count). The molecule has 1 aromatic heterocycles. The summed E-state index contributed by atoms with van der Waals surface area (Å²) in [6.07, 6.45) is 1.65. The Morgan fingerprint density at radius 1 is 0.964 bits per heavy atom. The lowest BCUT2D eigenvalue weighted by molar-refractivity contribution is 0.0984. The highest BCUT2D eigenvalue weighted by atomic mass is 16.2. The Morgan fingerprint density at radius 2 is 1.71 bits per heavy atom. The zero-order valence-corrected chi connectivity index (χ0v) is 15.7. The van der Waals surface area contributed by atoms with Crippen molar-refractivity contribution in [1.29, 1.82) is 0 Å². The summed E-state index contributed by atoms with van der Waals surface area (Å²) < 4.78 is 0. The zero-order valence-electron chi connectivity index (χ0n) is 15.7. The first-order valence-electron chi connectivity index (χ1n) is 9.43. The number of aromatic nitrogens is 1. The minimum absolute atomic E-state index is 0.187. The van der Waals surface area contributed by atoms with Crippen LogP contribution < -0.4 is 10.2 Å². The first-order valence-corrected chi connectivity index (χ1v) is 9.43. The van der Waals surface area contributed by atoms with Gasteiger partial charge in [0, 0.05) is 17.9 Å². The van der Waals surface area contributed by atoms with Crippen molar-refractivity contribution in [3.05, 3.63) is 89.2 Å². The lowest BCUT2D eigenvalue weighted by atomic mass is 10.1. The molecule has 1 N–H and O–H groups in total. The van der Waals surface area contributed by atoms with Gasteiger partial charge in [-0.2, -0.15) is 0 Å². The minimum atomic E-state index is -0.322. The number of fused-ring (bicyclic) bond motifs is 1. The van der Waals surface area contributed by atoms with Gasteiger partial charge in [-0.05, 0) is 48.2 Å². The molecule has 0 aliphatic carbocycles. The number of anilines is 2. The van der Waals surface area contributed by atoms with Gasteiger partial charge in [-0.15, -0.1) is 0 Å². The Hall–Kier alpha value is -3.47. The van der Waals surface area contributed by atoms with Gasteiger partial charge in [0.2, 0.25) is 0 Å². The molecule has 0 fully saturated rings. The minimum Gasteiger partial charge on any atom is -0.320 e. The molecule has 140 valence electrons. The third-order valence-corrected chi connectivity index (χ3v) is 4.98. The molecule has 28 heavy (non-hydrogen) atoms. The Bertz CT molecular complexity index is 1050. The Balaban J connectivity index is 1.56. The summed E-state index contributed by atoms with van der Waals surface area (Å²) in [5.41, 5.74) is 4.39. The maximum atomic E-state index is 13.0. The van der Waals surface area contributed by atoms with E-state index in [2.05, 4.69) is 10.3 Å². The SMILES string of the molecule is CCc1ccccc1NC(=O)c1cccc(C(=O)N2CCc3ccccc32)n1. The monoisotopic (exact) mass is 371 g/mol. The normalized spacial score (nSPS) is 12.5. The van der Waals surface area contributed by atoms with Crippen LogP contribution in [0.2, 0.25) is 0 Å². The van der Waals surface area contributed by atoms with Crippen LogP contribution in [-0.4, -0.2) is 23.3 Å². The second-order valence-corrected chi connectivity index (χ2v) is 6.71.